The Balaban J connectivity index is 3.71. The molecule has 0 heteroatoms. The van der Waals surface area contributed by atoms with Gasteiger partial charge in [0.15, 0.2) is 0 Å². The Morgan fingerprint density at radius 2 is 1.60 bits per heavy atom. The van der Waals surface area contributed by atoms with E-state index in [1.54, 1.807) is 0 Å². The highest BCUT2D eigenvalue weighted by molar-refractivity contribution is 5.07. The molecule has 0 unspecified atom stereocenters. The first-order valence-corrected chi connectivity index (χ1v) is 5.92. The normalized spacial score (nSPS) is 13.9. The molecule has 0 spiro atoms. The summed E-state index contributed by atoms with van der Waals surface area (Å²) in [6.45, 7) is 8.58. The number of hydrogen-bond acceptors (Lipinski definition) is 0. The first-order chi connectivity index (χ1) is 7.20. The molecule has 0 saturated heterocycles. The van der Waals surface area contributed by atoms with Crippen molar-refractivity contribution < 1.29 is 0 Å². The van der Waals surface area contributed by atoms with Crippen LogP contribution in [0.25, 0.3) is 0 Å². The van der Waals surface area contributed by atoms with Crippen molar-refractivity contribution in [3.63, 3.8) is 0 Å². The topological polar surface area (TPSA) is 0 Å². The maximum Gasteiger partial charge on any atom is -0.0199 e. The summed E-state index contributed by atoms with van der Waals surface area (Å²) >= 11 is 0. The Bertz CT molecular complexity index is 228. The van der Waals surface area contributed by atoms with Gasteiger partial charge >= 0.3 is 0 Å². The second-order valence-electron chi connectivity index (χ2n) is 4.04. The van der Waals surface area contributed by atoms with E-state index in [2.05, 4.69) is 58.4 Å². The van der Waals surface area contributed by atoms with E-state index >= 15 is 0 Å². The van der Waals surface area contributed by atoms with Gasteiger partial charge < -0.3 is 0 Å². The Morgan fingerprint density at radius 3 is 2.20 bits per heavy atom. The predicted octanol–water partition coefficient (Wildman–Crippen LogP) is 5.24. The van der Waals surface area contributed by atoms with Crippen LogP contribution in [0, 0.1) is 6.42 Å². The molecular formula is C15H25. The first-order valence-electron chi connectivity index (χ1n) is 5.92. The summed E-state index contributed by atoms with van der Waals surface area (Å²) in [6, 6.07) is 0. The lowest BCUT2D eigenvalue weighted by atomic mass is 10.1. The van der Waals surface area contributed by atoms with E-state index in [4.69, 9.17) is 0 Å². The molecule has 0 aromatic carbocycles. The van der Waals surface area contributed by atoms with Crippen molar-refractivity contribution in [1.82, 2.24) is 0 Å². The number of rotatable bonds is 7. The van der Waals surface area contributed by atoms with Crippen LogP contribution >= 0.6 is 0 Å². The lowest BCUT2D eigenvalue weighted by Crippen LogP contribution is -1.80. The molecule has 0 saturated carbocycles. The molecule has 0 aliphatic heterocycles. The number of hydrogen-bond donors (Lipinski definition) is 0. The van der Waals surface area contributed by atoms with Crippen LogP contribution in [0.15, 0.2) is 35.5 Å². The van der Waals surface area contributed by atoms with Crippen molar-refractivity contribution in [3.8, 4) is 0 Å². The van der Waals surface area contributed by atoms with Gasteiger partial charge in [0.1, 0.15) is 0 Å². The summed E-state index contributed by atoms with van der Waals surface area (Å²) in [5.41, 5.74) is 2.98. The van der Waals surface area contributed by atoms with Gasteiger partial charge in [0.25, 0.3) is 0 Å². The van der Waals surface area contributed by atoms with Gasteiger partial charge in [-0.3, -0.25) is 0 Å². The monoisotopic (exact) mass is 205 g/mol. The highest BCUT2D eigenvalue weighted by atomic mass is 14.0. The zero-order chi connectivity index (χ0) is 11.5. The van der Waals surface area contributed by atoms with Crippen LogP contribution in [0.3, 0.4) is 0 Å². The van der Waals surface area contributed by atoms with E-state index in [0.717, 1.165) is 0 Å². The predicted molar refractivity (Wildman–Crippen MR) is 70.8 cm³/mol. The lowest BCUT2D eigenvalue weighted by molar-refractivity contribution is 0.921. The third kappa shape index (κ3) is 9.52. The molecule has 0 aliphatic rings. The number of allylic oxidation sites excluding steroid dienone is 6. The zero-order valence-corrected chi connectivity index (χ0v) is 10.7. The highest BCUT2D eigenvalue weighted by Gasteiger charge is 1.90. The summed E-state index contributed by atoms with van der Waals surface area (Å²) in [5.74, 6) is 0. The first kappa shape index (κ1) is 14.2. The lowest BCUT2D eigenvalue weighted by Gasteiger charge is -2.00. The molecule has 85 valence electrons. The van der Waals surface area contributed by atoms with E-state index in [0.29, 0.717) is 0 Å². The quantitative estimate of drug-likeness (QED) is 0.499. The fourth-order valence-electron chi connectivity index (χ4n) is 1.49. The molecule has 0 rings (SSSR count). The molecule has 0 aromatic rings. The summed E-state index contributed by atoms with van der Waals surface area (Å²) in [4.78, 5) is 0. The third-order valence-electron chi connectivity index (χ3n) is 2.42. The Morgan fingerprint density at radius 1 is 0.933 bits per heavy atom. The average molecular weight is 205 g/mol. The summed E-state index contributed by atoms with van der Waals surface area (Å²) in [6.07, 6.45) is 15.8. The van der Waals surface area contributed by atoms with Gasteiger partial charge in [-0.05, 0) is 52.9 Å². The van der Waals surface area contributed by atoms with Gasteiger partial charge in [-0.25, -0.2) is 0 Å². The largest absolute Gasteiger partial charge is 0.0917 e. The van der Waals surface area contributed by atoms with Crippen LogP contribution in [0.2, 0.25) is 0 Å². The molecule has 0 heterocycles. The standard InChI is InChI=1S/C15H25/c1-5-7-8-11-15(4)13-9-12-14(3)10-6-2/h5-7,10,13H,8-9,11-12H2,1-4H3/b7-5+,14-10-,15-13-. The fourth-order valence-corrected chi connectivity index (χ4v) is 1.49. The highest BCUT2D eigenvalue weighted by Crippen LogP contribution is 2.10. The van der Waals surface area contributed by atoms with E-state index < -0.39 is 0 Å². The third-order valence-corrected chi connectivity index (χ3v) is 2.42. The van der Waals surface area contributed by atoms with Crippen LogP contribution in [0.5, 0.6) is 0 Å². The molecule has 0 atom stereocenters. The smallest absolute Gasteiger partial charge is 0.0199 e. The molecule has 0 aliphatic carbocycles. The Labute approximate surface area is 95.8 Å². The van der Waals surface area contributed by atoms with E-state index in [-0.39, 0.29) is 0 Å². The molecule has 1 radical (unpaired) electrons. The molecule has 0 aromatic heterocycles. The van der Waals surface area contributed by atoms with Gasteiger partial charge in [0, 0.05) is 0 Å². The van der Waals surface area contributed by atoms with Gasteiger partial charge in [-0.1, -0.05) is 42.4 Å². The summed E-state index contributed by atoms with van der Waals surface area (Å²) < 4.78 is 0. The summed E-state index contributed by atoms with van der Waals surface area (Å²) in [5, 5.41) is 0. The minimum Gasteiger partial charge on any atom is -0.0917 e. The fraction of sp³-hybridized carbons (Fsp3) is 0.533. The maximum atomic E-state index is 2.37. The van der Waals surface area contributed by atoms with E-state index in [9.17, 15) is 0 Å². The molecule has 0 N–H and O–H groups in total. The van der Waals surface area contributed by atoms with Crippen molar-refractivity contribution in [2.45, 2.75) is 53.4 Å². The van der Waals surface area contributed by atoms with E-state index in [1.807, 2.05) is 0 Å². The van der Waals surface area contributed by atoms with E-state index in [1.165, 1.54) is 36.8 Å². The minimum absolute atomic E-state index is 1.18. The van der Waals surface area contributed by atoms with Gasteiger partial charge in [0.05, 0.1) is 0 Å². The molecule has 15 heavy (non-hydrogen) atoms. The molecule has 0 fully saturated rings. The molecular weight excluding hydrogens is 180 g/mol. The van der Waals surface area contributed by atoms with Crippen molar-refractivity contribution in [1.29, 1.82) is 0 Å². The summed E-state index contributed by atoms with van der Waals surface area (Å²) in [7, 11) is 0. The molecule has 0 amide bonds. The van der Waals surface area contributed by atoms with Crippen LogP contribution in [-0.4, -0.2) is 0 Å². The molecule has 0 bridgehead atoms. The van der Waals surface area contributed by atoms with Gasteiger partial charge in [-0.2, -0.15) is 0 Å². The van der Waals surface area contributed by atoms with Crippen LogP contribution < -0.4 is 0 Å². The van der Waals surface area contributed by atoms with Crippen molar-refractivity contribution in [2.75, 3.05) is 0 Å². The second-order valence-corrected chi connectivity index (χ2v) is 4.04. The maximum absolute atomic E-state index is 2.37. The van der Waals surface area contributed by atoms with Crippen molar-refractivity contribution in [2.24, 2.45) is 0 Å². The second kappa shape index (κ2) is 9.76. The van der Waals surface area contributed by atoms with Crippen LogP contribution in [0.1, 0.15) is 53.4 Å². The zero-order valence-electron chi connectivity index (χ0n) is 10.7. The van der Waals surface area contributed by atoms with Crippen LogP contribution in [0.4, 0.5) is 0 Å². The van der Waals surface area contributed by atoms with Gasteiger partial charge in [0.2, 0.25) is 0 Å². The average Bonchev–Trinajstić information content (AvgIpc) is 2.18. The Hall–Kier alpha value is -0.780. The van der Waals surface area contributed by atoms with Crippen molar-refractivity contribution in [3.05, 3.63) is 41.9 Å². The molecule has 0 nitrogen and oxygen atoms in total. The van der Waals surface area contributed by atoms with Gasteiger partial charge in [-0.15, -0.1) is 0 Å². The Kier molecular flexibility index (Phi) is 9.26. The SMILES string of the molecule is C[CH]/C=C(/C)CC/C=C(/C)CC/C=C/C. The van der Waals surface area contributed by atoms with Crippen LogP contribution in [-0.2, 0) is 0 Å². The minimum atomic E-state index is 1.18. The van der Waals surface area contributed by atoms with Crippen molar-refractivity contribution >= 4 is 0 Å².